The summed E-state index contributed by atoms with van der Waals surface area (Å²) in [6.45, 7) is 6.02. The standard InChI is InChI=1S/C30H26N2O5S2/c1-18(2)20-13-15-21(16-14-20)26-25(27(33)22-11-9-19(3)10-12-22)28(34)29(35)32(26)30-31-17-24(38-30)39(36,37)23-7-5-4-6-8-23/h4-18,26,33H,1-3H3. The van der Waals surface area contributed by atoms with E-state index in [4.69, 9.17) is 0 Å². The van der Waals surface area contributed by atoms with Gasteiger partial charge in [-0.3, -0.25) is 14.5 Å². The largest absolute Gasteiger partial charge is 0.507 e. The number of carbonyl (C=O) groups is 2. The summed E-state index contributed by atoms with van der Waals surface area (Å²) in [4.78, 5) is 32.4. The summed E-state index contributed by atoms with van der Waals surface area (Å²) in [5.74, 6) is -1.79. The first kappa shape index (κ1) is 26.5. The third-order valence-corrected chi connectivity index (χ3v) is 9.91. The molecule has 0 aliphatic carbocycles. The van der Waals surface area contributed by atoms with E-state index in [1.807, 2.05) is 31.2 Å². The molecule has 0 spiro atoms. The molecule has 1 N–H and O–H groups in total. The Labute approximate surface area is 231 Å². The second kappa shape index (κ2) is 10.2. The van der Waals surface area contributed by atoms with Crippen LogP contribution in [0, 0.1) is 6.92 Å². The van der Waals surface area contributed by atoms with E-state index in [-0.39, 0.29) is 31.5 Å². The summed E-state index contributed by atoms with van der Waals surface area (Å²) >= 11 is 0.805. The normalized spacial score (nSPS) is 17.2. The Bertz CT molecular complexity index is 1690. The summed E-state index contributed by atoms with van der Waals surface area (Å²) in [7, 11) is -3.88. The van der Waals surface area contributed by atoms with E-state index in [1.54, 1.807) is 42.5 Å². The average Bonchev–Trinajstić information content (AvgIpc) is 3.53. The number of nitrogens with zero attached hydrogens (tertiary/aromatic N) is 2. The number of anilines is 1. The molecule has 1 aliphatic heterocycles. The molecule has 1 aromatic heterocycles. The van der Waals surface area contributed by atoms with Gasteiger partial charge in [0.15, 0.2) is 5.13 Å². The molecule has 1 amide bonds. The van der Waals surface area contributed by atoms with Crippen LogP contribution in [0.5, 0.6) is 0 Å². The highest BCUT2D eigenvalue weighted by molar-refractivity contribution is 7.93. The minimum atomic E-state index is -3.88. The van der Waals surface area contributed by atoms with Crippen LogP contribution in [0.25, 0.3) is 5.76 Å². The van der Waals surface area contributed by atoms with E-state index < -0.39 is 27.6 Å². The fourth-order valence-electron chi connectivity index (χ4n) is 4.48. The summed E-state index contributed by atoms with van der Waals surface area (Å²) in [5.41, 5.74) is 2.95. The third-order valence-electron chi connectivity index (χ3n) is 6.69. The lowest BCUT2D eigenvalue weighted by Crippen LogP contribution is -2.29. The van der Waals surface area contributed by atoms with E-state index in [1.165, 1.54) is 23.2 Å². The molecule has 2 heterocycles. The van der Waals surface area contributed by atoms with Crippen molar-refractivity contribution >= 4 is 43.8 Å². The van der Waals surface area contributed by atoms with Gasteiger partial charge in [-0.1, -0.05) is 97.5 Å². The van der Waals surface area contributed by atoms with Crippen LogP contribution in [-0.2, 0) is 19.4 Å². The summed E-state index contributed by atoms with van der Waals surface area (Å²) in [6.07, 6.45) is 1.19. The van der Waals surface area contributed by atoms with Crippen LogP contribution in [-0.4, -0.2) is 30.2 Å². The van der Waals surface area contributed by atoms with Gasteiger partial charge in [-0.2, -0.15) is 0 Å². The van der Waals surface area contributed by atoms with Crippen LogP contribution in [0.3, 0.4) is 0 Å². The van der Waals surface area contributed by atoms with Crippen molar-refractivity contribution in [2.45, 2.75) is 41.8 Å². The molecule has 7 nitrogen and oxygen atoms in total. The monoisotopic (exact) mass is 558 g/mol. The molecule has 4 aromatic rings. The van der Waals surface area contributed by atoms with Gasteiger partial charge in [0.2, 0.25) is 9.84 Å². The summed E-state index contributed by atoms with van der Waals surface area (Å²) < 4.78 is 26.3. The van der Waals surface area contributed by atoms with Crippen molar-refractivity contribution in [3.63, 3.8) is 0 Å². The minimum Gasteiger partial charge on any atom is -0.507 e. The maximum atomic E-state index is 13.4. The maximum Gasteiger partial charge on any atom is 0.301 e. The lowest BCUT2D eigenvalue weighted by atomic mass is 9.93. The van der Waals surface area contributed by atoms with Crippen molar-refractivity contribution in [2.24, 2.45) is 0 Å². The summed E-state index contributed by atoms with van der Waals surface area (Å²) in [6, 6.07) is 21.4. The highest BCUT2D eigenvalue weighted by atomic mass is 32.2. The van der Waals surface area contributed by atoms with E-state index in [9.17, 15) is 23.1 Å². The number of thiazole rings is 1. The number of aliphatic hydroxyl groups is 1. The highest BCUT2D eigenvalue weighted by Crippen LogP contribution is 2.44. The Kier molecular flexibility index (Phi) is 6.96. The molecule has 39 heavy (non-hydrogen) atoms. The number of sulfone groups is 1. The second-order valence-corrected chi connectivity index (χ2v) is 12.8. The number of ketones is 1. The zero-order chi connectivity index (χ0) is 27.9. The highest BCUT2D eigenvalue weighted by Gasteiger charge is 2.48. The molecule has 1 unspecified atom stereocenters. The van der Waals surface area contributed by atoms with Crippen LogP contribution in [0.1, 0.15) is 48.1 Å². The molecule has 1 atom stereocenters. The zero-order valence-corrected chi connectivity index (χ0v) is 23.2. The fourth-order valence-corrected chi connectivity index (χ4v) is 7.05. The van der Waals surface area contributed by atoms with E-state index >= 15 is 0 Å². The van der Waals surface area contributed by atoms with E-state index in [0.717, 1.165) is 22.5 Å². The van der Waals surface area contributed by atoms with Gasteiger partial charge in [-0.25, -0.2) is 13.4 Å². The van der Waals surface area contributed by atoms with Gasteiger partial charge in [-0.15, -0.1) is 0 Å². The predicted molar refractivity (Wildman–Crippen MR) is 151 cm³/mol. The number of amides is 1. The number of hydrogen-bond donors (Lipinski definition) is 1. The molecule has 0 saturated carbocycles. The first-order chi connectivity index (χ1) is 18.6. The molecule has 9 heteroatoms. The van der Waals surface area contributed by atoms with Crippen molar-refractivity contribution in [3.8, 4) is 0 Å². The fraction of sp³-hybridized carbons (Fsp3) is 0.167. The van der Waals surface area contributed by atoms with Crippen molar-refractivity contribution in [2.75, 3.05) is 4.90 Å². The first-order valence-corrected chi connectivity index (χ1v) is 14.6. The maximum absolute atomic E-state index is 13.4. The average molecular weight is 559 g/mol. The molecule has 5 rings (SSSR count). The first-order valence-electron chi connectivity index (χ1n) is 12.3. The van der Waals surface area contributed by atoms with Crippen LogP contribution in [0.15, 0.2) is 99.7 Å². The number of carbonyl (C=O) groups excluding carboxylic acids is 2. The van der Waals surface area contributed by atoms with Gasteiger partial charge in [0.25, 0.3) is 5.78 Å². The van der Waals surface area contributed by atoms with Gasteiger partial charge in [0, 0.05) is 5.56 Å². The number of benzene rings is 3. The van der Waals surface area contributed by atoms with Gasteiger partial charge >= 0.3 is 5.91 Å². The van der Waals surface area contributed by atoms with Crippen molar-refractivity contribution in [1.29, 1.82) is 0 Å². The molecule has 3 aromatic carbocycles. The van der Waals surface area contributed by atoms with Crippen LogP contribution in [0.2, 0.25) is 0 Å². The van der Waals surface area contributed by atoms with Crippen molar-refractivity contribution in [1.82, 2.24) is 4.98 Å². The number of aliphatic hydroxyl groups excluding tert-OH is 1. The Hall–Kier alpha value is -4.08. The van der Waals surface area contributed by atoms with E-state index in [2.05, 4.69) is 18.8 Å². The second-order valence-electron chi connectivity index (χ2n) is 9.63. The number of Topliss-reactive ketones (excluding diaryl/α,β-unsaturated/α-hetero) is 1. The van der Waals surface area contributed by atoms with Gasteiger partial charge in [0.05, 0.1) is 22.7 Å². The Balaban J connectivity index is 1.66. The molecule has 1 aliphatic rings. The SMILES string of the molecule is Cc1ccc(C(O)=C2C(=O)C(=O)N(c3ncc(S(=O)(=O)c4ccccc4)s3)C2c2ccc(C(C)C)cc2)cc1. The number of rotatable bonds is 6. The molecule has 1 fully saturated rings. The van der Waals surface area contributed by atoms with Gasteiger partial charge in [-0.05, 0) is 36.1 Å². The van der Waals surface area contributed by atoms with Crippen LogP contribution < -0.4 is 4.90 Å². The zero-order valence-electron chi connectivity index (χ0n) is 21.5. The van der Waals surface area contributed by atoms with Gasteiger partial charge < -0.3 is 5.11 Å². The van der Waals surface area contributed by atoms with Crippen LogP contribution >= 0.6 is 11.3 Å². The van der Waals surface area contributed by atoms with Gasteiger partial charge in [0.1, 0.15) is 9.97 Å². The quantitative estimate of drug-likeness (QED) is 0.176. The molecule has 198 valence electrons. The molecular formula is C30H26N2O5S2. The Morgan fingerprint density at radius 3 is 2.21 bits per heavy atom. The molecule has 1 saturated heterocycles. The smallest absolute Gasteiger partial charge is 0.301 e. The number of aromatic nitrogens is 1. The predicted octanol–water partition coefficient (Wildman–Crippen LogP) is 6.03. The Morgan fingerprint density at radius 1 is 0.949 bits per heavy atom. The number of aryl methyl sites for hydroxylation is 1. The van der Waals surface area contributed by atoms with Crippen molar-refractivity contribution < 1.29 is 23.1 Å². The van der Waals surface area contributed by atoms with E-state index in [0.29, 0.717) is 11.1 Å². The van der Waals surface area contributed by atoms with Crippen molar-refractivity contribution in [3.05, 3.63) is 113 Å². The Morgan fingerprint density at radius 2 is 1.59 bits per heavy atom. The molecule has 0 radical (unpaired) electrons. The molecular weight excluding hydrogens is 532 g/mol. The summed E-state index contributed by atoms with van der Waals surface area (Å²) in [5, 5.41) is 11.3. The lowest BCUT2D eigenvalue weighted by molar-refractivity contribution is -0.132. The minimum absolute atomic E-state index is 0.0486. The lowest BCUT2D eigenvalue weighted by Gasteiger charge is -2.23. The third kappa shape index (κ3) is 4.79. The number of hydrogen-bond acceptors (Lipinski definition) is 7. The molecule has 0 bridgehead atoms. The van der Waals surface area contributed by atoms with Crippen LogP contribution in [0.4, 0.5) is 5.13 Å². The topological polar surface area (TPSA) is 105 Å².